The van der Waals surface area contributed by atoms with E-state index in [1.165, 1.54) is 0 Å². The number of hydrogen-bond donors (Lipinski definition) is 1. The molecule has 1 aliphatic carbocycles. The van der Waals surface area contributed by atoms with Gasteiger partial charge in [0.2, 0.25) is 0 Å². The molecule has 196 valence electrons. The maximum Gasteiger partial charge on any atom is 0.332 e. The molecule has 0 heterocycles. The normalized spacial score (nSPS) is 13.7. The van der Waals surface area contributed by atoms with Crippen molar-refractivity contribution in [3.63, 3.8) is 0 Å². The van der Waals surface area contributed by atoms with Gasteiger partial charge in [-0.05, 0) is 43.9 Å². The molecular weight excluding hydrogens is 470 g/mol. The first kappa shape index (κ1) is 27.8. The second-order valence-electron chi connectivity index (χ2n) is 9.27. The van der Waals surface area contributed by atoms with Crippen LogP contribution in [0.4, 0.5) is 0 Å². The average molecular weight is 506 g/mol. The maximum atomic E-state index is 13.5. The first-order valence-corrected chi connectivity index (χ1v) is 12.9. The number of benzene rings is 2. The second kappa shape index (κ2) is 13.5. The summed E-state index contributed by atoms with van der Waals surface area (Å²) in [6.45, 7) is 3.76. The predicted molar refractivity (Wildman–Crippen MR) is 140 cm³/mol. The van der Waals surface area contributed by atoms with E-state index < -0.39 is 5.97 Å². The molecule has 1 atom stereocenters. The standard InChI is InChI=1S/C30H35NO6/c1-4-5-6-15-27(33)37-31-26(32)14-10-9-11-23(21-16-18-22(36-3)19-17-21)28-20(2)29(34)24-12-7-8-13-25(24)30(28)35/h7-8,12-13,16-19,23H,4-6,9-11,14-15H2,1-3H3,(H,31,32). The first-order valence-electron chi connectivity index (χ1n) is 12.9. The number of rotatable bonds is 12. The molecule has 0 spiro atoms. The lowest BCUT2D eigenvalue weighted by Gasteiger charge is -2.26. The Morgan fingerprint density at radius 1 is 0.865 bits per heavy atom. The number of hydrogen-bond acceptors (Lipinski definition) is 6. The molecule has 37 heavy (non-hydrogen) atoms. The topological polar surface area (TPSA) is 98.8 Å². The molecule has 3 rings (SSSR count). The van der Waals surface area contributed by atoms with Crippen LogP contribution in [-0.4, -0.2) is 30.6 Å². The Hall–Kier alpha value is -3.74. The van der Waals surface area contributed by atoms with E-state index in [2.05, 4.69) is 5.48 Å². The van der Waals surface area contributed by atoms with E-state index in [-0.39, 0.29) is 36.2 Å². The lowest BCUT2D eigenvalue weighted by Crippen LogP contribution is -2.27. The zero-order valence-corrected chi connectivity index (χ0v) is 21.8. The molecular formula is C30H35NO6. The number of ketones is 2. The molecule has 7 nitrogen and oxygen atoms in total. The molecule has 0 bridgehead atoms. The van der Waals surface area contributed by atoms with Crippen molar-refractivity contribution in [2.75, 3.05) is 7.11 Å². The molecule has 0 saturated carbocycles. The monoisotopic (exact) mass is 505 g/mol. The van der Waals surface area contributed by atoms with Crippen molar-refractivity contribution < 1.29 is 28.8 Å². The van der Waals surface area contributed by atoms with Gasteiger partial charge in [0, 0.05) is 41.0 Å². The summed E-state index contributed by atoms with van der Waals surface area (Å²) in [6, 6.07) is 14.4. The number of carbonyl (C=O) groups excluding carboxylic acids is 4. The Bertz CT molecular complexity index is 1160. The van der Waals surface area contributed by atoms with Crippen LogP contribution in [-0.2, 0) is 14.4 Å². The first-order chi connectivity index (χ1) is 17.9. The van der Waals surface area contributed by atoms with Crippen molar-refractivity contribution in [3.05, 3.63) is 76.4 Å². The van der Waals surface area contributed by atoms with Gasteiger partial charge < -0.3 is 9.57 Å². The number of carbonyl (C=O) groups is 4. The number of Topliss-reactive ketones (excluding diaryl/α,β-unsaturated/α-hetero) is 2. The van der Waals surface area contributed by atoms with Gasteiger partial charge in [-0.3, -0.25) is 14.4 Å². The van der Waals surface area contributed by atoms with Crippen LogP contribution in [0.15, 0.2) is 59.7 Å². The van der Waals surface area contributed by atoms with Crippen molar-refractivity contribution in [1.29, 1.82) is 0 Å². The average Bonchev–Trinajstić information content (AvgIpc) is 2.92. The predicted octanol–water partition coefficient (Wildman–Crippen LogP) is 5.89. The molecule has 0 aliphatic heterocycles. The Kier molecular flexibility index (Phi) is 10.2. The van der Waals surface area contributed by atoms with Crippen LogP contribution in [0.2, 0.25) is 0 Å². The summed E-state index contributed by atoms with van der Waals surface area (Å²) in [7, 11) is 1.59. The molecule has 1 aliphatic rings. The number of hydroxylamine groups is 1. The fourth-order valence-corrected chi connectivity index (χ4v) is 4.62. The fraction of sp³-hybridized carbons (Fsp3) is 0.400. The largest absolute Gasteiger partial charge is 0.497 e. The van der Waals surface area contributed by atoms with Crippen LogP contribution in [0.5, 0.6) is 5.75 Å². The number of fused-ring (bicyclic) bond motifs is 1. The quantitative estimate of drug-likeness (QED) is 0.285. The fourth-order valence-electron chi connectivity index (χ4n) is 4.62. The third kappa shape index (κ3) is 7.15. The highest BCUT2D eigenvalue weighted by Gasteiger charge is 2.34. The minimum atomic E-state index is -0.440. The number of amides is 1. The molecule has 1 N–H and O–H groups in total. The molecule has 0 aromatic heterocycles. The van der Waals surface area contributed by atoms with Crippen LogP contribution >= 0.6 is 0 Å². The zero-order valence-electron chi connectivity index (χ0n) is 21.8. The minimum Gasteiger partial charge on any atom is -0.497 e. The van der Waals surface area contributed by atoms with Gasteiger partial charge in [0.15, 0.2) is 11.6 Å². The smallest absolute Gasteiger partial charge is 0.332 e. The van der Waals surface area contributed by atoms with Gasteiger partial charge in [-0.25, -0.2) is 4.79 Å². The molecule has 1 unspecified atom stereocenters. The maximum absolute atomic E-state index is 13.5. The molecule has 7 heteroatoms. The SMILES string of the molecule is CCCCCC(=O)ONC(=O)CCCCC(C1=C(C)C(=O)c2ccccc2C1=O)c1ccc(OC)cc1. The Labute approximate surface area is 218 Å². The van der Waals surface area contributed by atoms with Crippen LogP contribution in [0, 0.1) is 0 Å². The summed E-state index contributed by atoms with van der Waals surface area (Å²) in [5, 5.41) is 0. The van der Waals surface area contributed by atoms with Crippen molar-refractivity contribution in [2.24, 2.45) is 0 Å². The Morgan fingerprint density at radius 3 is 2.16 bits per heavy atom. The van der Waals surface area contributed by atoms with E-state index >= 15 is 0 Å². The molecule has 0 saturated heterocycles. The number of methoxy groups -OCH3 is 1. The van der Waals surface area contributed by atoms with Crippen molar-refractivity contribution >= 4 is 23.4 Å². The molecule has 2 aromatic carbocycles. The van der Waals surface area contributed by atoms with E-state index in [9.17, 15) is 19.2 Å². The van der Waals surface area contributed by atoms with Crippen LogP contribution in [0.1, 0.15) is 97.4 Å². The molecule has 1 amide bonds. The lowest BCUT2D eigenvalue weighted by atomic mass is 9.75. The summed E-state index contributed by atoms with van der Waals surface area (Å²) < 4.78 is 5.28. The van der Waals surface area contributed by atoms with Gasteiger partial charge in [-0.15, -0.1) is 0 Å². The van der Waals surface area contributed by atoms with E-state index in [1.54, 1.807) is 38.3 Å². The van der Waals surface area contributed by atoms with Gasteiger partial charge in [0.25, 0.3) is 5.91 Å². The van der Waals surface area contributed by atoms with Gasteiger partial charge in [0.05, 0.1) is 7.11 Å². The van der Waals surface area contributed by atoms with Crippen molar-refractivity contribution in [1.82, 2.24) is 5.48 Å². The van der Waals surface area contributed by atoms with Gasteiger partial charge in [0.1, 0.15) is 5.75 Å². The molecule has 0 fully saturated rings. The number of nitrogens with one attached hydrogen (secondary N) is 1. The van der Waals surface area contributed by atoms with Crippen molar-refractivity contribution in [2.45, 2.75) is 71.1 Å². The molecule has 2 aromatic rings. The summed E-state index contributed by atoms with van der Waals surface area (Å²) in [4.78, 5) is 55.3. The van der Waals surface area contributed by atoms with Gasteiger partial charge in [-0.1, -0.05) is 62.6 Å². The van der Waals surface area contributed by atoms with Crippen LogP contribution in [0.25, 0.3) is 0 Å². The van der Waals surface area contributed by atoms with E-state index in [0.717, 1.165) is 24.8 Å². The van der Waals surface area contributed by atoms with Gasteiger partial charge in [-0.2, -0.15) is 5.48 Å². The van der Waals surface area contributed by atoms with Crippen LogP contribution in [0.3, 0.4) is 0 Å². The number of unbranched alkanes of at least 4 members (excludes halogenated alkanes) is 3. The number of ether oxygens (including phenoxy) is 1. The van der Waals surface area contributed by atoms with Crippen molar-refractivity contribution in [3.8, 4) is 5.75 Å². The highest BCUT2D eigenvalue weighted by molar-refractivity contribution is 6.27. The zero-order chi connectivity index (χ0) is 26.8. The Balaban J connectivity index is 1.68. The van der Waals surface area contributed by atoms with Crippen LogP contribution < -0.4 is 10.2 Å². The van der Waals surface area contributed by atoms with E-state index in [4.69, 9.17) is 9.57 Å². The van der Waals surface area contributed by atoms with E-state index in [1.807, 2.05) is 31.2 Å². The highest BCUT2D eigenvalue weighted by atomic mass is 16.7. The third-order valence-corrected chi connectivity index (χ3v) is 6.68. The lowest BCUT2D eigenvalue weighted by molar-refractivity contribution is -0.158. The van der Waals surface area contributed by atoms with E-state index in [0.29, 0.717) is 47.3 Å². The second-order valence-corrected chi connectivity index (χ2v) is 9.27. The molecule has 0 radical (unpaired) electrons. The summed E-state index contributed by atoms with van der Waals surface area (Å²) in [6.07, 6.45) is 4.88. The number of allylic oxidation sites excluding steroid dienone is 2. The Morgan fingerprint density at radius 2 is 1.51 bits per heavy atom. The summed E-state index contributed by atoms with van der Waals surface area (Å²) >= 11 is 0. The highest BCUT2D eigenvalue weighted by Crippen LogP contribution is 2.38. The summed E-state index contributed by atoms with van der Waals surface area (Å²) in [5.41, 5.74) is 4.94. The summed E-state index contributed by atoms with van der Waals surface area (Å²) in [5.74, 6) is -0.687. The van der Waals surface area contributed by atoms with Gasteiger partial charge >= 0.3 is 5.97 Å². The third-order valence-electron chi connectivity index (χ3n) is 6.68. The minimum absolute atomic E-state index is 0.135.